The fourth-order valence-electron chi connectivity index (χ4n) is 2.20. The average molecular weight is 485 g/mol. The molecule has 2 aromatic rings. The summed E-state index contributed by atoms with van der Waals surface area (Å²) in [6.07, 6.45) is -5.08. The Kier molecular flexibility index (Phi) is 10.6. The molecule has 16 heteroatoms. The van der Waals surface area contributed by atoms with Crippen molar-refractivity contribution >= 4 is 28.9 Å². The smallest absolute Gasteiger partial charge is 0.475 e. The highest BCUT2D eigenvalue weighted by Gasteiger charge is 2.38. The van der Waals surface area contributed by atoms with Crippen molar-refractivity contribution in [3.8, 4) is 0 Å². The highest BCUT2D eigenvalue weighted by atomic mass is 32.1. The number of carboxylic acid groups (broad SMARTS) is 1. The summed E-state index contributed by atoms with van der Waals surface area (Å²) in [4.78, 5) is 33.2. The second-order valence-corrected chi connectivity index (χ2v) is 7.37. The first-order valence-electron chi connectivity index (χ1n) is 8.82. The van der Waals surface area contributed by atoms with Crippen LogP contribution in [0.25, 0.3) is 20.9 Å². The van der Waals surface area contributed by atoms with Gasteiger partial charge in [0.2, 0.25) is 0 Å². The normalized spacial score (nSPS) is 10.4. The molecule has 176 valence electrons. The van der Waals surface area contributed by atoms with Gasteiger partial charge < -0.3 is 15.3 Å². The van der Waals surface area contributed by atoms with E-state index in [4.69, 9.17) is 21.0 Å². The van der Waals surface area contributed by atoms with E-state index < -0.39 is 12.1 Å². The van der Waals surface area contributed by atoms with Gasteiger partial charge in [-0.15, -0.1) is 11.3 Å². The Morgan fingerprint density at radius 2 is 1.91 bits per heavy atom. The minimum absolute atomic E-state index is 0.0615. The van der Waals surface area contributed by atoms with Gasteiger partial charge in [-0.05, 0) is 48.9 Å². The topological polar surface area (TPSA) is 180 Å². The van der Waals surface area contributed by atoms with E-state index in [1.54, 1.807) is 12.1 Å². The van der Waals surface area contributed by atoms with Crippen LogP contribution < -0.4 is 5.32 Å². The van der Waals surface area contributed by atoms with Crippen LogP contribution in [0.2, 0.25) is 0 Å². The fourth-order valence-corrected chi connectivity index (χ4v) is 2.93. The fraction of sp³-hybridized carbons (Fsp3) is 0.353. The number of alkyl halides is 3. The molecule has 0 spiro atoms. The van der Waals surface area contributed by atoms with Gasteiger partial charge in [0.25, 0.3) is 5.91 Å². The van der Waals surface area contributed by atoms with Gasteiger partial charge in [0.05, 0.1) is 18.8 Å². The summed E-state index contributed by atoms with van der Waals surface area (Å²) in [5.74, 6) is -3.08. The SMILES string of the molecule is CN(C)Cc1csc(CNC(=O)c2cc(CN=[N+]=[N-])cc(N=[N+]=[N-])c2)n1.O=C(O)C(F)(F)F. The van der Waals surface area contributed by atoms with E-state index in [0.29, 0.717) is 17.7 Å². The number of thiazole rings is 1. The Labute approximate surface area is 188 Å². The zero-order valence-corrected chi connectivity index (χ0v) is 18.1. The summed E-state index contributed by atoms with van der Waals surface area (Å²) in [6, 6.07) is 4.65. The number of aromatic nitrogens is 1. The van der Waals surface area contributed by atoms with Crippen molar-refractivity contribution in [3.63, 3.8) is 0 Å². The molecule has 1 heterocycles. The highest BCUT2D eigenvalue weighted by molar-refractivity contribution is 7.09. The van der Waals surface area contributed by atoms with Gasteiger partial charge in [0, 0.05) is 33.0 Å². The van der Waals surface area contributed by atoms with E-state index in [9.17, 15) is 18.0 Å². The molecule has 2 N–H and O–H groups in total. The third kappa shape index (κ3) is 10.3. The van der Waals surface area contributed by atoms with Crippen LogP contribution in [-0.4, -0.2) is 47.1 Å². The maximum Gasteiger partial charge on any atom is 0.490 e. The van der Waals surface area contributed by atoms with Crippen molar-refractivity contribution in [1.82, 2.24) is 15.2 Å². The molecule has 12 nitrogen and oxygen atoms in total. The lowest BCUT2D eigenvalue weighted by molar-refractivity contribution is -0.192. The number of carboxylic acids is 1. The number of hydrogen-bond donors (Lipinski definition) is 2. The number of hydrogen-bond acceptors (Lipinski definition) is 7. The standard InChI is InChI=1S/C15H17N9OS.C2HF3O2/c1-24(2)8-13-9-26-14(20-13)7-18-15(25)11-3-10(6-19-22-16)4-12(5-11)21-23-17;3-2(4,5)1(6)7/h3-5,9H,6-8H2,1-2H3,(H,18,25);(H,6,7). The quantitative estimate of drug-likeness (QED) is 0.316. The third-order valence-electron chi connectivity index (χ3n) is 3.44. The monoisotopic (exact) mass is 485 g/mol. The molecule has 0 saturated heterocycles. The first kappa shape index (κ1) is 27.2. The average Bonchev–Trinajstić information content (AvgIpc) is 3.17. The lowest BCUT2D eigenvalue weighted by Gasteiger charge is -2.07. The second kappa shape index (κ2) is 12.9. The number of benzene rings is 1. The Morgan fingerprint density at radius 1 is 1.24 bits per heavy atom. The molecule has 33 heavy (non-hydrogen) atoms. The van der Waals surface area contributed by atoms with Crippen molar-refractivity contribution < 1.29 is 27.9 Å². The zero-order chi connectivity index (χ0) is 25.0. The number of amides is 1. The number of rotatable bonds is 8. The van der Waals surface area contributed by atoms with Gasteiger partial charge in [-0.3, -0.25) is 4.79 Å². The van der Waals surface area contributed by atoms with Crippen LogP contribution in [0, 0.1) is 0 Å². The first-order valence-corrected chi connectivity index (χ1v) is 9.70. The third-order valence-corrected chi connectivity index (χ3v) is 4.33. The lowest BCUT2D eigenvalue weighted by Crippen LogP contribution is -2.23. The Balaban J connectivity index is 0.000000675. The van der Waals surface area contributed by atoms with Gasteiger partial charge >= 0.3 is 12.1 Å². The van der Waals surface area contributed by atoms with Crippen LogP contribution in [0.3, 0.4) is 0 Å². The molecule has 0 atom stereocenters. The summed E-state index contributed by atoms with van der Waals surface area (Å²) >= 11 is 1.48. The number of carbonyl (C=O) groups excluding carboxylic acids is 1. The number of nitrogens with one attached hydrogen (secondary N) is 1. The molecule has 0 saturated carbocycles. The number of nitrogens with zero attached hydrogens (tertiary/aromatic N) is 8. The van der Waals surface area contributed by atoms with Crippen LogP contribution in [-0.2, 0) is 24.4 Å². The van der Waals surface area contributed by atoms with Crippen molar-refractivity contribution in [2.45, 2.75) is 25.8 Å². The molecule has 0 fully saturated rings. The maximum absolute atomic E-state index is 12.4. The lowest BCUT2D eigenvalue weighted by atomic mass is 10.1. The van der Waals surface area contributed by atoms with Gasteiger partial charge in [0.1, 0.15) is 5.01 Å². The van der Waals surface area contributed by atoms with E-state index >= 15 is 0 Å². The number of carbonyl (C=O) groups is 2. The van der Waals surface area contributed by atoms with Crippen molar-refractivity contribution in [2.24, 2.45) is 10.2 Å². The van der Waals surface area contributed by atoms with E-state index in [2.05, 4.69) is 30.4 Å². The van der Waals surface area contributed by atoms with Crippen LogP contribution in [0.4, 0.5) is 18.9 Å². The molecule has 0 aliphatic heterocycles. The summed E-state index contributed by atoms with van der Waals surface area (Å²) in [6.45, 7) is 1.10. The summed E-state index contributed by atoms with van der Waals surface area (Å²) in [7, 11) is 3.93. The minimum atomic E-state index is -5.08. The molecule has 2 rings (SSSR count). The van der Waals surface area contributed by atoms with Gasteiger partial charge in [-0.2, -0.15) is 13.2 Å². The van der Waals surface area contributed by atoms with Gasteiger partial charge in [-0.1, -0.05) is 10.2 Å². The summed E-state index contributed by atoms with van der Waals surface area (Å²) in [5.41, 5.74) is 19.2. The molecule has 0 bridgehead atoms. The minimum Gasteiger partial charge on any atom is -0.475 e. The molecule has 1 amide bonds. The number of azide groups is 2. The maximum atomic E-state index is 12.4. The second-order valence-electron chi connectivity index (χ2n) is 6.42. The molecule has 1 aromatic heterocycles. The van der Waals surface area contributed by atoms with Crippen LogP contribution in [0.1, 0.15) is 26.6 Å². The van der Waals surface area contributed by atoms with E-state index in [1.165, 1.54) is 17.4 Å². The Hall–Kier alpha value is -3.84. The summed E-state index contributed by atoms with van der Waals surface area (Å²) < 4.78 is 31.7. The summed E-state index contributed by atoms with van der Waals surface area (Å²) in [5, 5.41) is 19.7. The van der Waals surface area contributed by atoms with Gasteiger partial charge in [0.15, 0.2) is 0 Å². The predicted octanol–water partition coefficient (Wildman–Crippen LogP) is 4.52. The van der Waals surface area contributed by atoms with Crippen molar-refractivity contribution in [3.05, 3.63) is 66.3 Å². The molecule has 0 aliphatic rings. The van der Waals surface area contributed by atoms with Crippen molar-refractivity contribution in [1.29, 1.82) is 0 Å². The molecule has 0 radical (unpaired) electrons. The Morgan fingerprint density at radius 3 is 2.45 bits per heavy atom. The van der Waals surface area contributed by atoms with E-state index in [-0.39, 0.29) is 18.1 Å². The molecular formula is C17H18F3N9O3S. The van der Waals surface area contributed by atoms with Crippen LogP contribution >= 0.6 is 11.3 Å². The molecule has 1 aromatic carbocycles. The first-order chi connectivity index (χ1) is 15.5. The van der Waals surface area contributed by atoms with Crippen LogP contribution in [0.15, 0.2) is 33.8 Å². The molecule has 0 unspecified atom stereocenters. The zero-order valence-electron chi connectivity index (χ0n) is 17.3. The van der Waals surface area contributed by atoms with E-state index in [0.717, 1.165) is 17.2 Å². The van der Waals surface area contributed by atoms with E-state index in [1.807, 2.05) is 24.4 Å². The number of halogens is 3. The van der Waals surface area contributed by atoms with Gasteiger partial charge in [-0.25, -0.2) is 9.78 Å². The number of aliphatic carboxylic acids is 1. The molecular weight excluding hydrogens is 467 g/mol. The highest BCUT2D eigenvalue weighted by Crippen LogP contribution is 2.20. The van der Waals surface area contributed by atoms with Crippen LogP contribution in [0.5, 0.6) is 0 Å². The Bertz CT molecular complexity index is 1080. The largest absolute Gasteiger partial charge is 0.490 e. The predicted molar refractivity (Wildman–Crippen MR) is 112 cm³/mol. The molecule has 0 aliphatic carbocycles. The van der Waals surface area contributed by atoms with Crippen molar-refractivity contribution in [2.75, 3.05) is 14.1 Å².